The van der Waals surface area contributed by atoms with Crippen LogP contribution in [0.5, 0.6) is 0 Å². The largest absolute Gasteiger partial charge is 0.350 e. The number of piperazine rings is 1. The molecular weight excluding hydrogens is 477 g/mol. The van der Waals surface area contributed by atoms with Crippen molar-refractivity contribution < 1.29 is 9.18 Å². The van der Waals surface area contributed by atoms with Gasteiger partial charge in [0.1, 0.15) is 11.5 Å². The average Bonchev–Trinajstić information content (AvgIpc) is 3.38. The minimum atomic E-state index is -0.341. The van der Waals surface area contributed by atoms with E-state index in [4.69, 9.17) is 4.98 Å². The van der Waals surface area contributed by atoms with Crippen LogP contribution in [0.1, 0.15) is 44.5 Å². The maximum atomic E-state index is 14.4. The lowest BCUT2D eigenvalue weighted by atomic mass is 9.98. The van der Waals surface area contributed by atoms with Gasteiger partial charge in [-0.25, -0.2) is 4.39 Å². The van der Waals surface area contributed by atoms with Crippen molar-refractivity contribution in [1.29, 1.82) is 0 Å². The Bertz CT molecular complexity index is 1370. The number of nitrogens with one attached hydrogen (secondary N) is 2. The number of benzene rings is 2. The number of aryl methyl sites for hydroxylation is 2. The van der Waals surface area contributed by atoms with E-state index in [9.17, 15) is 9.18 Å². The summed E-state index contributed by atoms with van der Waals surface area (Å²) >= 11 is 0. The van der Waals surface area contributed by atoms with Crippen molar-refractivity contribution in [2.75, 3.05) is 39.8 Å². The van der Waals surface area contributed by atoms with Crippen LogP contribution in [0.4, 0.5) is 4.39 Å². The van der Waals surface area contributed by atoms with Crippen molar-refractivity contribution >= 4 is 16.8 Å². The number of aromatic amines is 1. The number of fused-ring (bicyclic) bond motifs is 1. The van der Waals surface area contributed by atoms with Crippen LogP contribution in [0.3, 0.4) is 0 Å². The molecule has 2 N–H and O–H groups in total. The van der Waals surface area contributed by atoms with Gasteiger partial charge in [0.2, 0.25) is 0 Å². The van der Waals surface area contributed by atoms with Gasteiger partial charge in [0, 0.05) is 44.3 Å². The van der Waals surface area contributed by atoms with Gasteiger partial charge in [-0.3, -0.25) is 9.78 Å². The Balaban J connectivity index is 1.36. The average molecular weight is 514 g/mol. The molecule has 2 aromatic heterocycles. The number of pyridine rings is 1. The van der Waals surface area contributed by atoms with E-state index in [0.717, 1.165) is 61.5 Å². The summed E-state index contributed by atoms with van der Waals surface area (Å²) in [5.74, 6) is -0.618. The number of halogens is 1. The fourth-order valence-corrected chi connectivity index (χ4v) is 5.25. The van der Waals surface area contributed by atoms with Gasteiger partial charge in [0.15, 0.2) is 0 Å². The first-order valence-electron chi connectivity index (χ1n) is 13.4. The monoisotopic (exact) mass is 513 g/mol. The number of hydrogen-bond donors (Lipinski definition) is 2. The van der Waals surface area contributed by atoms with E-state index in [1.54, 1.807) is 12.1 Å². The molecule has 0 saturated carbocycles. The summed E-state index contributed by atoms with van der Waals surface area (Å²) in [7, 11) is 2.17. The summed E-state index contributed by atoms with van der Waals surface area (Å²) in [6, 6.07) is 16.7. The summed E-state index contributed by atoms with van der Waals surface area (Å²) in [4.78, 5) is 26.2. The second-order valence-electron chi connectivity index (χ2n) is 10.5. The lowest BCUT2D eigenvalue weighted by molar-refractivity contribution is 0.0931. The lowest BCUT2D eigenvalue weighted by Crippen LogP contribution is -2.45. The van der Waals surface area contributed by atoms with Gasteiger partial charge in [-0.2, -0.15) is 0 Å². The zero-order valence-corrected chi connectivity index (χ0v) is 22.4. The maximum Gasteiger partial charge on any atom is 0.268 e. The molecule has 1 aliphatic rings. The topological polar surface area (TPSA) is 64.3 Å². The predicted octanol–water partition coefficient (Wildman–Crippen LogP) is 4.82. The molecule has 0 spiro atoms. The minimum Gasteiger partial charge on any atom is -0.350 e. The summed E-state index contributed by atoms with van der Waals surface area (Å²) in [5.41, 5.74) is 6.10. The zero-order valence-electron chi connectivity index (χ0n) is 22.4. The molecule has 4 aromatic rings. The fourth-order valence-electron chi connectivity index (χ4n) is 5.25. The molecule has 0 bridgehead atoms. The Morgan fingerprint density at radius 3 is 2.50 bits per heavy atom. The van der Waals surface area contributed by atoms with E-state index >= 15 is 0 Å². The Labute approximate surface area is 223 Å². The molecule has 6 nitrogen and oxygen atoms in total. The first kappa shape index (κ1) is 26.1. The summed E-state index contributed by atoms with van der Waals surface area (Å²) in [5, 5.41) is 3.60. The zero-order chi connectivity index (χ0) is 26.6. The van der Waals surface area contributed by atoms with Gasteiger partial charge in [-0.1, -0.05) is 42.5 Å². The highest BCUT2D eigenvalue weighted by molar-refractivity contribution is 5.99. The second kappa shape index (κ2) is 11.5. The van der Waals surface area contributed by atoms with Gasteiger partial charge in [0.25, 0.3) is 5.91 Å². The van der Waals surface area contributed by atoms with Gasteiger partial charge in [-0.05, 0) is 68.1 Å². The van der Waals surface area contributed by atoms with Crippen molar-refractivity contribution in [3.63, 3.8) is 0 Å². The van der Waals surface area contributed by atoms with Crippen LogP contribution in [-0.2, 0) is 12.8 Å². The highest BCUT2D eigenvalue weighted by Crippen LogP contribution is 2.25. The Morgan fingerprint density at radius 2 is 1.79 bits per heavy atom. The Hall–Kier alpha value is -3.55. The number of H-pyrrole nitrogens is 1. The summed E-state index contributed by atoms with van der Waals surface area (Å²) in [6.07, 6.45) is 3.51. The van der Waals surface area contributed by atoms with Crippen molar-refractivity contribution in [2.45, 2.75) is 32.7 Å². The van der Waals surface area contributed by atoms with Crippen LogP contribution >= 0.6 is 0 Å². The molecule has 1 saturated heterocycles. The van der Waals surface area contributed by atoms with Crippen molar-refractivity contribution in [3.8, 4) is 0 Å². The third-order valence-electron chi connectivity index (χ3n) is 7.60. The fraction of sp³-hybridized carbons (Fsp3) is 0.355. The number of carbonyl (C=O) groups is 1. The number of rotatable bonds is 8. The molecule has 38 heavy (non-hydrogen) atoms. The number of hydrogen-bond acceptors (Lipinski definition) is 4. The summed E-state index contributed by atoms with van der Waals surface area (Å²) in [6.45, 7) is 9.41. The predicted molar refractivity (Wildman–Crippen MR) is 150 cm³/mol. The number of nitrogens with zero attached hydrogens (tertiary/aromatic N) is 3. The van der Waals surface area contributed by atoms with Crippen molar-refractivity contribution in [3.05, 3.63) is 100 Å². The molecule has 1 unspecified atom stereocenters. The molecule has 3 heterocycles. The Kier molecular flexibility index (Phi) is 7.86. The van der Waals surface area contributed by atoms with Crippen molar-refractivity contribution in [2.24, 2.45) is 0 Å². The van der Waals surface area contributed by atoms with Gasteiger partial charge >= 0.3 is 0 Å². The molecule has 7 heteroatoms. The van der Waals surface area contributed by atoms with E-state index in [0.29, 0.717) is 23.0 Å². The van der Waals surface area contributed by atoms with E-state index < -0.39 is 0 Å². The first-order valence-corrected chi connectivity index (χ1v) is 13.4. The van der Waals surface area contributed by atoms with E-state index in [2.05, 4.69) is 52.3 Å². The molecule has 5 rings (SSSR count). The standard InChI is InChI=1S/C31H36FN5O/c1-21-9-10-26(32)25-19-28(34-29(21)25)31(38)35-27(18-23-7-5-4-6-8-23)30-22(2)17-24(20-33-30)11-12-37-15-13-36(3)14-16-37/h4-10,17,19-20,27,34H,11-16,18H2,1-3H3,(H,35,38). The molecule has 1 fully saturated rings. The molecule has 2 aromatic carbocycles. The van der Waals surface area contributed by atoms with Gasteiger partial charge in [0.05, 0.1) is 17.3 Å². The van der Waals surface area contributed by atoms with E-state index in [1.807, 2.05) is 31.3 Å². The van der Waals surface area contributed by atoms with Crippen LogP contribution in [0, 0.1) is 19.7 Å². The maximum absolute atomic E-state index is 14.4. The smallest absolute Gasteiger partial charge is 0.268 e. The SMILES string of the molecule is Cc1cc(CCN2CCN(C)CC2)cnc1C(Cc1ccccc1)NC(=O)c1cc2c(F)ccc(C)c2[nH]1. The minimum absolute atomic E-state index is 0.277. The van der Waals surface area contributed by atoms with E-state index in [-0.39, 0.29) is 17.8 Å². The number of aromatic nitrogens is 2. The molecule has 1 amide bonds. The third-order valence-corrected chi connectivity index (χ3v) is 7.60. The molecule has 0 aliphatic carbocycles. The lowest BCUT2D eigenvalue weighted by Gasteiger charge is -2.32. The molecular formula is C31H36FN5O. The van der Waals surface area contributed by atoms with Crippen molar-refractivity contribution in [1.82, 2.24) is 25.1 Å². The van der Waals surface area contributed by atoms with Crippen LogP contribution in [0.15, 0.2) is 60.8 Å². The molecule has 1 atom stereocenters. The van der Waals surface area contributed by atoms with Crippen LogP contribution in [-0.4, -0.2) is 65.4 Å². The van der Waals surface area contributed by atoms with Crippen LogP contribution < -0.4 is 5.32 Å². The van der Waals surface area contributed by atoms with Crippen LogP contribution in [0.2, 0.25) is 0 Å². The van der Waals surface area contributed by atoms with Gasteiger partial charge in [-0.15, -0.1) is 0 Å². The Morgan fingerprint density at radius 1 is 1.03 bits per heavy atom. The first-order chi connectivity index (χ1) is 18.4. The number of amides is 1. The highest BCUT2D eigenvalue weighted by Gasteiger charge is 2.22. The highest BCUT2D eigenvalue weighted by atomic mass is 19.1. The van der Waals surface area contributed by atoms with Crippen LogP contribution in [0.25, 0.3) is 10.9 Å². The van der Waals surface area contributed by atoms with Gasteiger partial charge < -0.3 is 20.1 Å². The quantitative estimate of drug-likeness (QED) is 0.355. The summed E-state index contributed by atoms with van der Waals surface area (Å²) < 4.78 is 14.4. The normalized spacial score (nSPS) is 15.6. The molecule has 1 aliphatic heterocycles. The second-order valence-corrected chi connectivity index (χ2v) is 10.5. The number of likely N-dealkylation sites (N-methyl/N-ethyl adjacent to an activating group) is 1. The molecule has 0 radical (unpaired) electrons. The van der Waals surface area contributed by atoms with E-state index in [1.165, 1.54) is 11.6 Å². The third kappa shape index (κ3) is 5.95. The molecule has 198 valence electrons. The number of carbonyl (C=O) groups excluding carboxylic acids is 1.